The molecular formula is C17H15ClN6OS3. The number of hydrogen-bond acceptors (Lipinski definition) is 9. The fourth-order valence-corrected chi connectivity index (χ4v) is 5.06. The van der Waals surface area contributed by atoms with Crippen LogP contribution in [0.3, 0.4) is 0 Å². The highest BCUT2D eigenvalue weighted by Gasteiger charge is 2.11. The number of benzene rings is 1. The molecule has 144 valence electrons. The van der Waals surface area contributed by atoms with Crippen molar-refractivity contribution in [2.45, 2.75) is 30.4 Å². The highest BCUT2D eigenvalue weighted by Crippen LogP contribution is 2.30. The molecule has 11 heteroatoms. The van der Waals surface area contributed by atoms with Gasteiger partial charge in [0.1, 0.15) is 5.01 Å². The first-order chi connectivity index (χ1) is 13.5. The van der Waals surface area contributed by atoms with Crippen LogP contribution in [0.25, 0.3) is 4.96 Å². The number of anilines is 2. The van der Waals surface area contributed by atoms with E-state index in [1.165, 1.54) is 45.0 Å². The maximum absolute atomic E-state index is 12.2. The number of nitrogens with zero attached hydrogens (tertiary/aromatic N) is 5. The van der Waals surface area contributed by atoms with Gasteiger partial charge in [-0.1, -0.05) is 59.0 Å². The number of aryl methyl sites for hydroxylation is 2. The third-order valence-electron chi connectivity index (χ3n) is 3.82. The summed E-state index contributed by atoms with van der Waals surface area (Å²) in [4.78, 5) is 17.4. The normalized spacial score (nSPS) is 11.2. The van der Waals surface area contributed by atoms with Gasteiger partial charge in [-0.05, 0) is 31.0 Å². The number of hydrogen-bond donors (Lipinski definition) is 1. The van der Waals surface area contributed by atoms with Crippen molar-refractivity contribution in [1.29, 1.82) is 0 Å². The van der Waals surface area contributed by atoms with E-state index in [2.05, 4.69) is 25.6 Å². The minimum atomic E-state index is -0.160. The van der Waals surface area contributed by atoms with Crippen LogP contribution in [0.2, 0.25) is 5.02 Å². The van der Waals surface area contributed by atoms with Gasteiger partial charge in [0.25, 0.3) is 5.56 Å². The van der Waals surface area contributed by atoms with Crippen molar-refractivity contribution in [3.05, 3.63) is 55.9 Å². The predicted octanol–water partition coefficient (Wildman–Crippen LogP) is 4.56. The van der Waals surface area contributed by atoms with Gasteiger partial charge in [-0.15, -0.1) is 10.2 Å². The van der Waals surface area contributed by atoms with Crippen LogP contribution in [0.1, 0.15) is 23.2 Å². The fourth-order valence-electron chi connectivity index (χ4n) is 2.36. The van der Waals surface area contributed by atoms with Gasteiger partial charge in [0.15, 0.2) is 4.34 Å². The van der Waals surface area contributed by atoms with Crippen LogP contribution in [0, 0.1) is 6.92 Å². The molecule has 0 radical (unpaired) electrons. The molecule has 0 saturated carbocycles. The van der Waals surface area contributed by atoms with E-state index in [1.54, 1.807) is 0 Å². The van der Waals surface area contributed by atoms with Crippen LogP contribution in [-0.2, 0) is 12.2 Å². The number of rotatable bonds is 6. The van der Waals surface area contributed by atoms with E-state index in [4.69, 9.17) is 11.6 Å². The zero-order valence-corrected chi connectivity index (χ0v) is 18.2. The summed E-state index contributed by atoms with van der Waals surface area (Å²) < 4.78 is 2.15. The highest BCUT2D eigenvalue weighted by atomic mass is 35.5. The van der Waals surface area contributed by atoms with Crippen LogP contribution in [0.5, 0.6) is 0 Å². The monoisotopic (exact) mass is 450 g/mol. The van der Waals surface area contributed by atoms with Crippen LogP contribution in [0.15, 0.2) is 33.4 Å². The summed E-state index contributed by atoms with van der Waals surface area (Å²) in [5.41, 5.74) is 2.43. The van der Waals surface area contributed by atoms with E-state index < -0.39 is 0 Å². The van der Waals surface area contributed by atoms with E-state index in [0.717, 1.165) is 27.0 Å². The van der Waals surface area contributed by atoms with Gasteiger partial charge in [0, 0.05) is 22.5 Å². The molecule has 0 amide bonds. The van der Waals surface area contributed by atoms with Crippen LogP contribution in [0.4, 0.5) is 10.8 Å². The largest absolute Gasteiger partial charge is 0.330 e. The lowest BCUT2D eigenvalue weighted by atomic mass is 10.2. The van der Waals surface area contributed by atoms with E-state index in [-0.39, 0.29) is 5.56 Å². The van der Waals surface area contributed by atoms with Crippen LogP contribution in [-0.4, -0.2) is 24.8 Å². The quantitative estimate of drug-likeness (QED) is 0.431. The van der Waals surface area contributed by atoms with Crippen molar-refractivity contribution in [2.75, 3.05) is 5.32 Å². The Morgan fingerprint density at radius 3 is 2.89 bits per heavy atom. The molecule has 1 aromatic carbocycles. The lowest BCUT2D eigenvalue weighted by Crippen LogP contribution is -2.15. The Labute approximate surface area is 177 Å². The highest BCUT2D eigenvalue weighted by molar-refractivity contribution is 8.00. The van der Waals surface area contributed by atoms with Gasteiger partial charge in [0.05, 0.1) is 5.69 Å². The Morgan fingerprint density at radius 2 is 2.11 bits per heavy atom. The fraction of sp³-hybridized carbons (Fsp3) is 0.235. The summed E-state index contributed by atoms with van der Waals surface area (Å²) in [6, 6.07) is 7.28. The minimum absolute atomic E-state index is 0.160. The molecule has 0 aliphatic heterocycles. The molecule has 0 aliphatic rings. The lowest BCUT2D eigenvalue weighted by molar-refractivity contribution is 0.852. The summed E-state index contributed by atoms with van der Waals surface area (Å²) in [5, 5.41) is 18.1. The Morgan fingerprint density at radius 1 is 1.25 bits per heavy atom. The molecule has 7 nitrogen and oxygen atoms in total. The standard InChI is InChI=1S/C17H15ClN6OS3/c1-3-13-23-24-14(25)7-11(20-16(24)27-13)8-26-17-22-21-15(28-17)19-10-5-4-9(2)12(18)6-10/h4-7H,3,8H2,1-2H3,(H,19,21). The molecule has 0 spiro atoms. The summed E-state index contributed by atoms with van der Waals surface area (Å²) in [7, 11) is 0. The molecule has 4 rings (SSSR count). The Balaban J connectivity index is 1.45. The van der Waals surface area contributed by atoms with Crippen molar-refractivity contribution in [1.82, 2.24) is 24.8 Å². The Bertz CT molecular complexity index is 1200. The zero-order valence-electron chi connectivity index (χ0n) is 15.0. The second-order valence-corrected chi connectivity index (χ2v) is 9.53. The summed E-state index contributed by atoms with van der Waals surface area (Å²) in [6.45, 7) is 3.96. The maximum Gasteiger partial charge on any atom is 0.275 e. The van der Waals surface area contributed by atoms with Crippen molar-refractivity contribution in [3.8, 4) is 0 Å². The predicted molar refractivity (Wildman–Crippen MR) is 115 cm³/mol. The molecule has 0 atom stereocenters. The second-order valence-electron chi connectivity index (χ2n) is 5.88. The molecule has 0 fully saturated rings. The van der Waals surface area contributed by atoms with E-state index in [9.17, 15) is 4.79 Å². The van der Waals surface area contributed by atoms with Gasteiger partial charge < -0.3 is 5.32 Å². The molecule has 3 heterocycles. The minimum Gasteiger partial charge on any atom is -0.330 e. The number of thioether (sulfide) groups is 1. The van der Waals surface area contributed by atoms with Crippen LogP contribution >= 0.6 is 46.0 Å². The molecule has 0 aliphatic carbocycles. The molecular weight excluding hydrogens is 436 g/mol. The van der Waals surface area contributed by atoms with E-state index in [0.29, 0.717) is 26.6 Å². The molecule has 4 aromatic rings. The van der Waals surface area contributed by atoms with Gasteiger partial charge in [-0.25, -0.2) is 4.98 Å². The third kappa shape index (κ3) is 4.19. The lowest BCUT2D eigenvalue weighted by Gasteiger charge is -2.03. The van der Waals surface area contributed by atoms with Gasteiger partial charge in [-0.2, -0.15) is 9.61 Å². The zero-order chi connectivity index (χ0) is 19.7. The average Bonchev–Trinajstić information content (AvgIpc) is 3.30. The Hall–Kier alpha value is -2.01. The molecule has 28 heavy (non-hydrogen) atoms. The Kier molecular flexibility index (Phi) is 5.63. The number of halogens is 1. The first-order valence-corrected chi connectivity index (χ1v) is 11.4. The second kappa shape index (κ2) is 8.16. The molecule has 3 aromatic heterocycles. The number of aromatic nitrogens is 5. The van der Waals surface area contributed by atoms with Crippen molar-refractivity contribution < 1.29 is 0 Å². The van der Waals surface area contributed by atoms with Crippen molar-refractivity contribution in [3.63, 3.8) is 0 Å². The average molecular weight is 451 g/mol. The molecule has 1 N–H and O–H groups in total. The topological polar surface area (TPSA) is 85.1 Å². The number of fused-ring (bicyclic) bond motifs is 1. The SMILES string of the molecule is CCc1nn2c(=O)cc(CSc3nnc(Nc4ccc(C)c(Cl)c4)s3)nc2s1. The smallest absolute Gasteiger partial charge is 0.275 e. The van der Waals surface area contributed by atoms with E-state index in [1.807, 2.05) is 32.0 Å². The summed E-state index contributed by atoms with van der Waals surface area (Å²) >= 11 is 10.5. The van der Waals surface area contributed by atoms with Gasteiger partial charge >= 0.3 is 0 Å². The van der Waals surface area contributed by atoms with Crippen molar-refractivity contribution in [2.24, 2.45) is 0 Å². The number of nitrogens with one attached hydrogen (secondary N) is 1. The van der Waals surface area contributed by atoms with Gasteiger partial charge in [-0.3, -0.25) is 4.79 Å². The van der Waals surface area contributed by atoms with Crippen LogP contribution < -0.4 is 10.9 Å². The summed E-state index contributed by atoms with van der Waals surface area (Å²) in [6.07, 6.45) is 0.782. The van der Waals surface area contributed by atoms with Crippen molar-refractivity contribution >= 4 is 61.8 Å². The maximum atomic E-state index is 12.2. The van der Waals surface area contributed by atoms with Gasteiger partial charge in [0.2, 0.25) is 10.1 Å². The molecule has 0 bridgehead atoms. The summed E-state index contributed by atoms with van der Waals surface area (Å²) in [5.74, 6) is 0.538. The molecule has 0 saturated heterocycles. The van der Waals surface area contributed by atoms with E-state index >= 15 is 0 Å². The first kappa shape index (κ1) is 19.3. The molecule has 0 unspecified atom stereocenters. The first-order valence-electron chi connectivity index (χ1n) is 8.40. The third-order valence-corrected chi connectivity index (χ3v) is 7.28.